The maximum atomic E-state index is 12.0. The molecule has 0 bridgehead atoms. The van der Waals surface area contributed by atoms with Gasteiger partial charge in [0.25, 0.3) is 0 Å². The molecule has 1 aromatic carbocycles. The minimum absolute atomic E-state index is 0.0799. The van der Waals surface area contributed by atoms with Crippen molar-refractivity contribution in [3.63, 3.8) is 0 Å². The fourth-order valence-electron chi connectivity index (χ4n) is 1.80. The first-order chi connectivity index (χ1) is 11.1. The number of thioether (sulfide) groups is 2. The molecule has 1 unspecified atom stereocenters. The number of carbonyl (C=O) groups is 1. The summed E-state index contributed by atoms with van der Waals surface area (Å²) in [5, 5.41) is 13.0. The Morgan fingerprint density at radius 2 is 2.17 bits per heavy atom. The second-order valence-corrected chi connectivity index (χ2v) is 6.87. The molecule has 0 fully saturated rings. The van der Waals surface area contributed by atoms with Gasteiger partial charge in [0.15, 0.2) is 0 Å². The van der Waals surface area contributed by atoms with E-state index in [9.17, 15) is 9.90 Å². The Morgan fingerprint density at radius 1 is 1.39 bits per heavy atom. The number of rotatable bonds is 10. The van der Waals surface area contributed by atoms with Crippen molar-refractivity contribution in [2.75, 3.05) is 37.9 Å². The number of methoxy groups -OCH3 is 2. The van der Waals surface area contributed by atoms with Gasteiger partial charge in [-0.25, -0.2) is 0 Å². The number of hydrogen-bond donors (Lipinski definition) is 2. The van der Waals surface area contributed by atoms with E-state index in [4.69, 9.17) is 9.47 Å². The molecule has 0 saturated carbocycles. The molecule has 128 valence electrons. The average Bonchev–Trinajstić information content (AvgIpc) is 2.58. The van der Waals surface area contributed by atoms with Gasteiger partial charge in [0.05, 0.1) is 26.9 Å². The van der Waals surface area contributed by atoms with Crippen molar-refractivity contribution in [1.29, 1.82) is 0 Å². The van der Waals surface area contributed by atoms with Crippen molar-refractivity contribution < 1.29 is 19.4 Å². The molecule has 0 aromatic heterocycles. The van der Waals surface area contributed by atoms with E-state index in [-0.39, 0.29) is 18.6 Å². The van der Waals surface area contributed by atoms with Gasteiger partial charge < -0.3 is 19.9 Å². The quantitative estimate of drug-likeness (QED) is 0.380. The molecule has 0 spiro atoms. The predicted molar refractivity (Wildman–Crippen MR) is 98.4 cm³/mol. The first-order valence-electron chi connectivity index (χ1n) is 7.02. The van der Waals surface area contributed by atoms with Crippen molar-refractivity contribution in [3.8, 4) is 11.5 Å². The van der Waals surface area contributed by atoms with E-state index < -0.39 is 0 Å². The number of hydrogen-bond acceptors (Lipinski definition) is 6. The van der Waals surface area contributed by atoms with Crippen LogP contribution in [0.25, 0.3) is 6.08 Å². The second kappa shape index (κ2) is 11.3. The number of nitrogens with one attached hydrogen (secondary N) is 1. The first kappa shape index (κ1) is 19.7. The molecule has 23 heavy (non-hydrogen) atoms. The fourth-order valence-corrected chi connectivity index (χ4v) is 3.32. The van der Waals surface area contributed by atoms with E-state index in [2.05, 4.69) is 5.32 Å². The van der Waals surface area contributed by atoms with Gasteiger partial charge in [-0.2, -0.15) is 11.8 Å². The van der Waals surface area contributed by atoms with E-state index in [0.29, 0.717) is 17.3 Å². The number of aliphatic hydroxyl groups excluding tert-OH is 1. The Morgan fingerprint density at radius 3 is 2.78 bits per heavy atom. The molecule has 0 aliphatic heterocycles. The number of ether oxygens (including phenoxy) is 2. The molecule has 5 nitrogen and oxygen atoms in total. The highest BCUT2D eigenvalue weighted by Gasteiger charge is 2.10. The standard InChI is InChI=1S/C16H23NO4S2/c1-20-14-5-6-15(21-2)12(8-14)4-7-16(19)17-13(9-18)10-23-11-22-3/h4-8,13,18H,9-11H2,1-3H3,(H,17,19). The molecule has 0 radical (unpaired) electrons. The zero-order valence-corrected chi connectivity index (χ0v) is 15.2. The summed E-state index contributed by atoms with van der Waals surface area (Å²) in [5.74, 6) is 1.77. The number of benzene rings is 1. The van der Waals surface area contributed by atoms with Gasteiger partial charge in [0.2, 0.25) is 5.91 Å². The Labute approximate surface area is 145 Å². The molecule has 0 aliphatic carbocycles. The maximum absolute atomic E-state index is 12.0. The fraction of sp³-hybridized carbons (Fsp3) is 0.438. The van der Waals surface area contributed by atoms with Gasteiger partial charge >= 0.3 is 0 Å². The zero-order valence-electron chi connectivity index (χ0n) is 13.6. The van der Waals surface area contributed by atoms with Crippen molar-refractivity contribution in [3.05, 3.63) is 29.8 Å². The van der Waals surface area contributed by atoms with Gasteiger partial charge in [-0.05, 0) is 30.5 Å². The van der Waals surface area contributed by atoms with Crippen LogP contribution >= 0.6 is 23.5 Å². The summed E-state index contributed by atoms with van der Waals surface area (Å²) >= 11 is 3.40. The van der Waals surface area contributed by atoms with Crippen LogP contribution < -0.4 is 14.8 Å². The third-order valence-corrected chi connectivity index (χ3v) is 5.19. The van der Waals surface area contributed by atoms with Crippen LogP contribution in [0.1, 0.15) is 5.56 Å². The Kier molecular flexibility index (Phi) is 9.66. The number of carbonyl (C=O) groups excluding carboxylic acids is 1. The normalized spacial score (nSPS) is 12.2. The van der Waals surface area contributed by atoms with Crippen LogP contribution in [0.3, 0.4) is 0 Å². The largest absolute Gasteiger partial charge is 0.497 e. The smallest absolute Gasteiger partial charge is 0.244 e. The number of aliphatic hydroxyl groups is 1. The molecular weight excluding hydrogens is 334 g/mol. The van der Waals surface area contributed by atoms with E-state index >= 15 is 0 Å². The average molecular weight is 357 g/mol. The minimum atomic E-state index is -0.253. The molecule has 2 N–H and O–H groups in total. The zero-order chi connectivity index (χ0) is 17.1. The SMILES string of the molecule is COc1ccc(OC)c(C=CC(=O)NC(CO)CSCSC)c1. The summed E-state index contributed by atoms with van der Waals surface area (Å²) < 4.78 is 10.4. The Balaban J connectivity index is 2.66. The third-order valence-electron chi connectivity index (χ3n) is 2.94. The molecule has 7 heteroatoms. The molecule has 1 amide bonds. The highest BCUT2D eigenvalue weighted by molar-refractivity contribution is 8.15. The summed E-state index contributed by atoms with van der Waals surface area (Å²) in [6.07, 6.45) is 5.11. The third kappa shape index (κ3) is 7.20. The number of amides is 1. The molecular formula is C16H23NO4S2. The van der Waals surface area contributed by atoms with E-state index in [1.54, 1.807) is 62.0 Å². The van der Waals surface area contributed by atoms with Gasteiger partial charge in [-0.3, -0.25) is 4.79 Å². The van der Waals surface area contributed by atoms with Gasteiger partial charge in [-0.15, -0.1) is 11.8 Å². The highest BCUT2D eigenvalue weighted by atomic mass is 32.2. The summed E-state index contributed by atoms with van der Waals surface area (Å²) in [5.41, 5.74) is 0.749. The van der Waals surface area contributed by atoms with Crippen LogP contribution in [0.2, 0.25) is 0 Å². The summed E-state index contributed by atoms with van der Waals surface area (Å²) in [4.78, 5) is 12.0. The van der Waals surface area contributed by atoms with Gasteiger partial charge in [0, 0.05) is 22.5 Å². The summed E-state index contributed by atoms with van der Waals surface area (Å²) in [6.45, 7) is -0.0799. The maximum Gasteiger partial charge on any atom is 0.244 e. The van der Waals surface area contributed by atoms with Crippen molar-refractivity contribution >= 4 is 35.5 Å². The van der Waals surface area contributed by atoms with Crippen LogP contribution in [0, 0.1) is 0 Å². The Hall–Kier alpha value is -1.31. The molecule has 1 atom stereocenters. The molecule has 1 rings (SSSR count). The topological polar surface area (TPSA) is 67.8 Å². The van der Waals surface area contributed by atoms with Gasteiger partial charge in [0.1, 0.15) is 11.5 Å². The molecule has 0 heterocycles. The lowest BCUT2D eigenvalue weighted by molar-refractivity contribution is -0.117. The summed E-state index contributed by atoms with van der Waals surface area (Å²) in [7, 11) is 3.16. The second-order valence-electron chi connectivity index (χ2n) is 4.61. The van der Waals surface area contributed by atoms with E-state index in [1.165, 1.54) is 6.08 Å². The van der Waals surface area contributed by atoms with Crippen molar-refractivity contribution in [2.24, 2.45) is 0 Å². The van der Waals surface area contributed by atoms with Gasteiger partial charge in [-0.1, -0.05) is 0 Å². The van der Waals surface area contributed by atoms with Crippen molar-refractivity contribution in [2.45, 2.75) is 6.04 Å². The highest BCUT2D eigenvalue weighted by Crippen LogP contribution is 2.25. The van der Waals surface area contributed by atoms with Crippen LogP contribution in [0.4, 0.5) is 0 Å². The predicted octanol–water partition coefficient (Wildman–Crippen LogP) is 2.25. The molecule has 0 saturated heterocycles. The van der Waals surface area contributed by atoms with Crippen LogP contribution in [0.5, 0.6) is 11.5 Å². The lowest BCUT2D eigenvalue weighted by Crippen LogP contribution is -2.38. The van der Waals surface area contributed by atoms with Crippen LogP contribution in [0.15, 0.2) is 24.3 Å². The monoisotopic (exact) mass is 357 g/mol. The lowest BCUT2D eigenvalue weighted by Gasteiger charge is -2.14. The van der Waals surface area contributed by atoms with Crippen LogP contribution in [-0.2, 0) is 4.79 Å². The van der Waals surface area contributed by atoms with Crippen molar-refractivity contribution in [1.82, 2.24) is 5.32 Å². The Bertz CT molecular complexity index is 523. The first-order valence-corrected chi connectivity index (χ1v) is 9.57. The molecule has 1 aromatic rings. The minimum Gasteiger partial charge on any atom is -0.497 e. The summed E-state index contributed by atoms with van der Waals surface area (Å²) in [6, 6.07) is 5.12. The molecule has 0 aliphatic rings. The lowest BCUT2D eigenvalue weighted by atomic mass is 10.1. The van der Waals surface area contributed by atoms with E-state index in [1.807, 2.05) is 6.26 Å². The van der Waals surface area contributed by atoms with Crippen LogP contribution in [-0.4, -0.2) is 55.0 Å². The van der Waals surface area contributed by atoms with E-state index in [0.717, 1.165) is 10.6 Å².